The molecular formula is C31H48O4. The Bertz CT molecular complexity index is 761. The van der Waals surface area contributed by atoms with Crippen LogP contribution in [0, 0.1) is 17.8 Å². The Kier molecular flexibility index (Phi) is 11.7. The van der Waals surface area contributed by atoms with Crippen molar-refractivity contribution < 1.29 is 19.7 Å². The molecule has 4 unspecified atom stereocenters. The highest BCUT2D eigenvalue weighted by atomic mass is 16.5. The summed E-state index contributed by atoms with van der Waals surface area (Å²) in [7, 11) is 0. The van der Waals surface area contributed by atoms with Crippen molar-refractivity contribution in [2.75, 3.05) is 26.4 Å². The summed E-state index contributed by atoms with van der Waals surface area (Å²) in [5, 5.41) is 18.4. The van der Waals surface area contributed by atoms with E-state index in [4.69, 9.17) is 9.47 Å². The minimum atomic E-state index is -0.00338. The van der Waals surface area contributed by atoms with E-state index in [0.29, 0.717) is 32.0 Å². The first kappa shape index (κ1) is 27.8. The number of benzene rings is 1. The average molecular weight is 485 g/mol. The van der Waals surface area contributed by atoms with Gasteiger partial charge < -0.3 is 19.7 Å². The molecule has 196 valence electrons. The van der Waals surface area contributed by atoms with Gasteiger partial charge in [0.15, 0.2) is 0 Å². The SMILES string of the molecule is C=C(CO)CCOc1cc(OCCC(=C)CO)cc(C2CCC3CC(CCCCC)CCC3C2)c1. The fraction of sp³-hybridized carbons (Fsp3) is 0.677. The van der Waals surface area contributed by atoms with Gasteiger partial charge in [0.2, 0.25) is 0 Å². The van der Waals surface area contributed by atoms with Gasteiger partial charge in [0.05, 0.1) is 26.4 Å². The second-order valence-electron chi connectivity index (χ2n) is 11.0. The molecule has 2 saturated carbocycles. The molecule has 1 aromatic rings. The van der Waals surface area contributed by atoms with Crippen molar-refractivity contribution in [2.24, 2.45) is 17.8 Å². The van der Waals surface area contributed by atoms with Gasteiger partial charge in [-0.1, -0.05) is 52.2 Å². The van der Waals surface area contributed by atoms with Crippen LogP contribution in [0.1, 0.15) is 95.5 Å². The van der Waals surface area contributed by atoms with Gasteiger partial charge in [-0.2, -0.15) is 0 Å². The molecule has 0 aromatic heterocycles. The van der Waals surface area contributed by atoms with E-state index in [1.54, 1.807) is 0 Å². The van der Waals surface area contributed by atoms with Crippen LogP contribution in [0.25, 0.3) is 0 Å². The quantitative estimate of drug-likeness (QED) is 0.204. The molecule has 4 nitrogen and oxygen atoms in total. The molecule has 0 radical (unpaired) electrons. The first-order valence-corrected chi connectivity index (χ1v) is 14.0. The number of ether oxygens (including phenoxy) is 2. The van der Waals surface area contributed by atoms with Gasteiger partial charge in [-0.15, -0.1) is 0 Å². The molecule has 0 aliphatic heterocycles. The minimum Gasteiger partial charge on any atom is -0.493 e. The summed E-state index contributed by atoms with van der Waals surface area (Å²) in [6.07, 6.45) is 14.9. The minimum absolute atomic E-state index is 0.00338. The smallest absolute Gasteiger partial charge is 0.123 e. The predicted octanol–water partition coefficient (Wildman–Crippen LogP) is 7.20. The zero-order chi connectivity index (χ0) is 25.0. The van der Waals surface area contributed by atoms with Gasteiger partial charge >= 0.3 is 0 Å². The van der Waals surface area contributed by atoms with Gasteiger partial charge in [-0.05, 0) is 84.6 Å². The van der Waals surface area contributed by atoms with Crippen molar-refractivity contribution in [3.05, 3.63) is 48.1 Å². The molecule has 4 atom stereocenters. The van der Waals surface area contributed by atoms with Crippen LogP contribution in [-0.2, 0) is 0 Å². The Morgan fingerprint density at radius 3 is 2.03 bits per heavy atom. The molecule has 2 N–H and O–H groups in total. The molecule has 2 aliphatic carbocycles. The van der Waals surface area contributed by atoms with Crippen molar-refractivity contribution in [2.45, 2.75) is 89.9 Å². The lowest BCUT2D eigenvalue weighted by molar-refractivity contribution is 0.113. The predicted molar refractivity (Wildman–Crippen MR) is 144 cm³/mol. The first-order valence-electron chi connectivity index (χ1n) is 14.0. The molecular weight excluding hydrogens is 436 g/mol. The second kappa shape index (κ2) is 14.7. The Morgan fingerprint density at radius 1 is 0.829 bits per heavy atom. The summed E-state index contributed by atoms with van der Waals surface area (Å²) in [6.45, 7) is 11.0. The maximum Gasteiger partial charge on any atom is 0.123 e. The van der Waals surface area contributed by atoms with Crippen molar-refractivity contribution in [1.82, 2.24) is 0 Å². The molecule has 3 rings (SSSR count). The molecule has 0 spiro atoms. The molecule has 35 heavy (non-hydrogen) atoms. The van der Waals surface area contributed by atoms with E-state index in [9.17, 15) is 10.2 Å². The molecule has 1 aromatic carbocycles. The monoisotopic (exact) mass is 484 g/mol. The molecule has 0 heterocycles. The van der Waals surface area contributed by atoms with Crippen LogP contribution in [0.2, 0.25) is 0 Å². The van der Waals surface area contributed by atoms with E-state index in [1.165, 1.54) is 69.8 Å². The van der Waals surface area contributed by atoms with Crippen LogP contribution in [0.4, 0.5) is 0 Å². The summed E-state index contributed by atoms with van der Waals surface area (Å²) in [5.74, 6) is 4.93. The summed E-state index contributed by atoms with van der Waals surface area (Å²) >= 11 is 0. The van der Waals surface area contributed by atoms with E-state index in [1.807, 2.05) is 6.07 Å². The molecule has 2 aliphatic rings. The fourth-order valence-corrected chi connectivity index (χ4v) is 6.01. The zero-order valence-corrected chi connectivity index (χ0v) is 22.0. The van der Waals surface area contributed by atoms with Gasteiger partial charge in [0.1, 0.15) is 11.5 Å². The lowest BCUT2D eigenvalue weighted by Gasteiger charge is -2.42. The van der Waals surface area contributed by atoms with Crippen LogP contribution in [0.3, 0.4) is 0 Å². The Morgan fingerprint density at radius 2 is 1.43 bits per heavy atom. The molecule has 2 fully saturated rings. The number of aliphatic hydroxyl groups is 2. The van der Waals surface area contributed by atoms with E-state index in [0.717, 1.165) is 40.4 Å². The van der Waals surface area contributed by atoms with Crippen LogP contribution in [-0.4, -0.2) is 36.6 Å². The summed E-state index contributed by atoms with van der Waals surface area (Å²) < 4.78 is 12.1. The normalized spacial score (nSPS) is 24.0. The highest BCUT2D eigenvalue weighted by Gasteiger charge is 2.36. The standard InChI is InChI=1S/C31H48O4/c1-4-5-6-7-25-8-9-27-17-28(11-10-26(27)16-25)29-18-30(34-14-12-23(2)21-32)20-31(19-29)35-15-13-24(3)22-33/h18-20,25-28,32-33H,2-17,21-22H2,1H3. The van der Waals surface area contributed by atoms with E-state index < -0.39 is 0 Å². The second-order valence-corrected chi connectivity index (χ2v) is 11.0. The number of rotatable bonds is 15. The largest absolute Gasteiger partial charge is 0.493 e. The van der Waals surface area contributed by atoms with Crippen LogP contribution >= 0.6 is 0 Å². The maximum atomic E-state index is 9.22. The Hall–Kier alpha value is -1.78. The van der Waals surface area contributed by atoms with Gasteiger partial charge in [0.25, 0.3) is 0 Å². The zero-order valence-electron chi connectivity index (χ0n) is 22.0. The van der Waals surface area contributed by atoms with Gasteiger partial charge in [-0.3, -0.25) is 0 Å². The third kappa shape index (κ3) is 8.99. The van der Waals surface area contributed by atoms with E-state index in [2.05, 4.69) is 32.2 Å². The number of unbranched alkanes of at least 4 members (excludes halogenated alkanes) is 2. The molecule has 4 heteroatoms. The fourth-order valence-electron chi connectivity index (χ4n) is 6.01. The van der Waals surface area contributed by atoms with Crippen LogP contribution in [0.15, 0.2) is 42.5 Å². The van der Waals surface area contributed by atoms with Crippen molar-refractivity contribution in [1.29, 1.82) is 0 Å². The van der Waals surface area contributed by atoms with Crippen LogP contribution < -0.4 is 9.47 Å². The highest BCUT2D eigenvalue weighted by Crippen LogP contribution is 2.49. The van der Waals surface area contributed by atoms with Crippen molar-refractivity contribution in [3.63, 3.8) is 0 Å². The molecule has 0 bridgehead atoms. The topological polar surface area (TPSA) is 58.9 Å². The summed E-state index contributed by atoms with van der Waals surface area (Å²) in [5.41, 5.74) is 2.88. The lowest BCUT2D eigenvalue weighted by atomic mass is 9.63. The Balaban J connectivity index is 1.63. The lowest BCUT2D eigenvalue weighted by Crippen LogP contribution is -2.30. The number of hydrogen-bond acceptors (Lipinski definition) is 4. The van der Waals surface area contributed by atoms with Gasteiger partial charge in [0, 0.05) is 18.9 Å². The summed E-state index contributed by atoms with van der Waals surface area (Å²) in [4.78, 5) is 0. The van der Waals surface area contributed by atoms with Crippen molar-refractivity contribution >= 4 is 0 Å². The highest BCUT2D eigenvalue weighted by molar-refractivity contribution is 5.40. The third-order valence-corrected chi connectivity index (χ3v) is 8.21. The van der Waals surface area contributed by atoms with Gasteiger partial charge in [-0.25, -0.2) is 0 Å². The third-order valence-electron chi connectivity index (χ3n) is 8.21. The summed E-state index contributed by atoms with van der Waals surface area (Å²) in [6, 6.07) is 6.35. The number of fused-ring (bicyclic) bond motifs is 1. The van der Waals surface area contributed by atoms with Crippen LogP contribution in [0.5, 0.6) is 11.5 Å². The first-order chi connectivity index (χ1) is 17.0. The average Bonchev–Trinajstić information content (AvgIpc) is 2.88. The number of aliphatic hydroxyl groups excluding tert-OH is 2. The number of hydrogen-bond donors (Lipinski definition) is 2. The van der Waals surface area contributed by atoms with Crippen molar-refractivity contribution in [3.8, 4) is 11.5 Å². The maximum absolute atomic E-state index is 9.22. The Labute approximate surface area is 213 Å². The molecule has 0 saturated heterocycles. The van der Waals surface area contributed by atoms with E-state index in [-0.39, 0.29) is 13.2 Å². The van der Waals surface area contributed by atoms with E-state index >= 15 is 0 Å². The molecule has 0 amide bonds.